The van der Waals surface area contributed by atoms with Gasteiger partial charge in [0.15, 0.2) is 0 Å². The zero-order chi connectivity index (χ0) is 16.8. The van der Waals surface area contributed by atoms with Gasteiger partial charge in [-0.15, -0.1) is 0 Å². The molecule has 1 aliphatic rings. The molecule has 0 spiro atoms. The van der Waals surface area contributed by atoms with Crippen LogP contribution in [0.1, 0.15) is 36.0 Å². The fourth-order valence-corrected chi connectivity index (χ4v) is 3.03. The number of amides is 2. The number of hydrogen-bond donors (Lipinski definition) is 3. The van der Waals surface area contributed by atoms with E-state index in [2.05, 4.69) is 26.4 Å². The molecule has 3 N–H and O–H groups in total. The van der Waals surface area contributed by atoms with Crippen LogP contribution in [0.15, 0.2) is 36.5 Å². The van der Waals surface area contributed by atoms with Gasteiger partial charge < -0.3 is 20.3 Å². The number of carbonyl (C=O) groups is 1. The molecule has 0 saturated carbocycles. The maximum atomic E-state index is 12.0. The third-order valence-corrected chi connectivity index (χ3v) is 4.31. The minimum Gasteiger partial charge on any atom is -0.394 e. The molecule has 128 valence electrons. The summed E-state index contributed by atoms with van der Waals surface area (Å²) < 4.78 is 2.22. The van der Waals surface area contributed by atoms with Gasteiger partial charge in [-0.25, -0.2) is 9.78 Å². The second-order valence-electron chi connectivity index (χ2n) is 6.10. The van der Waals surface area contributed by atoms with Crippen molar-refractivity contribution in [2.75, 3.05) is 13.2 Å². The van der Waals surface area contributed by atoms with Crippen LogP contribution in [0.2, 0.25) is 0 Å². The highest BCUT2D eigenvalue weighted by atomic mass is 16.3. The first-order chi connectivity index (χ1) is 11.8. The normalized spacial score (nSPS) is 14.7. The lowest BCUT2D eigenvalue weighted by atomic mass is 10.1. The maximum absolute atomic E-state index is 12.0. The largest absolute Gasteiger partial charge is 0.394 e. The molecule has 6 nitrogen and oxygen atoms in total. The summed E-state index contributed by atoms with van der Waals surface area (Å²) in [5.74, 6) is 1.16. The molecule has 1 atom stereocenters. The fraction of sp³-hybridized carbons (Fsp3) is 0.444. The van der Waals surface area contributed by atoms with Crippen LogP contribution >= 0.6 is 0 Å². The summed E-state index contributed by atoms with van der Waals surface area (Å²) in [6.45, 7) is 1.44. The van der Waals surface area contributed by atoms with Crippen molar-refractivity contribution in [3.8, 4) is 0 Å². The topological polar surface area (TPSA) is 79.2 Å². The molecule has 1 aliphatic heterocycles. The predicted octanol–water partition coefficient (Wildman–Crippen LogP) is 1.79. The Morgan fingerprint density at radius 3 is 2.88 bits per heavy atom. The summed E-state index contributed by atoms with van der Waals surface area (Å²) in [6.07, 6.45) is 6.27. The molecule has 3 rings (SSSR count). The first kappa shape index (κ1) is 16.5. The van der Waals surface area contributed by atoms with Gasteiger partial charge in [0.2, 0.25) is 0 Å². The minimum absolute atomic E-state index is 0.134. The second kappa shape index (κ2) is 7.97. The highest BCUT2D eigenvalue weighted by molar-refractivity contribution is 5.74. The number of hydrogen-bond acceptors (Lipinski definition) is 3. The number of aliphatic hydroxyl groups is 1. The Hall–Kier alpha value is -2.34. The van der Waals surface area contributed by atoms with E-state index in [1.807, 2.05) is 30.3 Å². The average molecular weight is 328 g/mol. The molecule has 2 heterocycles. The minimum atomic E-state index is -0.397. The van der Waals surface area contributed by atoms with E-state index in [0.717, 1.165) is 30.0 Å². The summed E-state index contributed by atoms with van der Waals surface area (Å²) >= 11 is 0. The van der Waals surface area contributed by atoms with Crippen LogP contribution in [-0.4, -0.2) is 33.8 Å². The monoisotopic (exact) mass is 328 g/mol. The lowest BCUT2D eigenvalue weighted by Crippen LogP contribution is -2.40. The van der Waals surface area contributed by atoms with E-state index in [-0.39, 0.29) is 12.6 Å². The number of imidazole rings is 1. The summed E-state index contributed by atoms with van der Waals surface area (Å²) in [4.78, 5) is 16.6. The Balaban J connectivity index is 1.46. The molecule has 24 heavy (non-hydrogen) atoms. The fourth-order valence-electron chi connectivity index (χ4n) is 3.03. The zero-order valence-corrected chi connectivity index (χ0v) is 13.7. The van der Waals surface area contributed by atoms with Crippen LogP contribution < -0.4 is 10.6 Å². The van der Waals surface area contributed by atoms with E-state index >= 15 is 0 Å². The Morgan fingerprint density at radius 1 is 1.29 bits per heavy atom. The van der Waals surface area contributed by atoms with Gasteiger partial charge in [0.25, 0.3) is 0 Å². The van der Waals surface area contributed by atoms with Gasteiger partial charge in [-0.1, -0.05) is 30.3 Å². The number of nitrogens with zero attached hydrogens (tertiary/aromatic N) is 2. The van der Waals surface area contributed by atoms with Crippen molar-refractivity contribution in [1.82, 2.24) is 20.2 Å². The van der Waals surface area contributed by atoms with E-state index < -0.39 is 6.04 Å². The second-order valence-corrected chi connectivity index (χ2v) is 6.10. The number of aromatic nitrogens is 2. The van der Waals surface area contributed by atoms with E-state index in [4.69, 9.17) is 0 Å². The van der Waals surface area contributed by atoms with E-state index in [1.54, 1.807) is 0 Å². The third-order valence-electron chi connectivity index (χ3n) is 4.31. The molecule has 1 aromatic heterocycles. The van der Waals surface area contributed by atoms with E-state index in [1.165, 1.54) is 12.8 Å². The number of urea groups is 1. The molecular formula is C18H24N4O2. The number of carbonyl (C=O) groups excluding carboxylic acids is 1. The van der Waals surface area contributed by atoms with Crippen molar-refractivity contribution in [2.24, 2.45) is 0 Å². The molecule has 1 aromatic carbocycles. The molecule has 0 radical (unpaired) electrons. The van der Waals surface area contributed by atoms with Crippen molar-refractivity contribution in [3.05, 3.63) is 53.6 Å². The van der Waals surface area contributed by atoms with Gasteiger partial charge in [-0.2, -0.15) is 0 Å². The van der Waals surface area contributed by atoms with Gasteiger partial charge in [0, 0.05) is 32.1 Å². The molecule has 1 unspecified atom stereocenters. The van der Waals surface area contributed by atoms with Gasteiger partial charge in [0.1, 0.15) is 5.82 Å². The van der Waals surface area contributed by atoms with Crippen molar-refractivity contribution < 1.29 is 9.90 Å². The summed E-state index contributed by atoms with van der Waals surface area (Å²) in [6, 6.07) is 8.78. The van der Waals surface area contributed by atoms with E-state index in [0.29, 0.717) is 13.0 Å². The van der Waals surface area contributed by atoms with Crippen LogP contribution in [0.3, 0.4) is 0 Å². The zero-order valence-electron chi connectivity index (χ0n) is 13.7. The van der Waals surface area contributed by atoms with Crippen LogP contribution in [0.25, 0.3) is 0 Å². The molecular weight excluding hydrogens is 304 g/mol. The summed E-state index contributed by atoms with van der Waals surface area (Å²) in [5.41, 5.74) is 1.91. The quantitative estimate of drug-likeness (QED) is 0.756. The highest BCUT2D eigenvalue weighted by Gasteiger charge is 2.14. The smallest absolute Gasteiger partial charge is 0.315 e. The lowest BCUT2D eigenvalue weighted by Gasteiger charge is -2.17. The average Bonchev–Trinajstić information content (AvgIpc) is 3.03. The van der Waals surface area contributed by atoms with Gasteiger partial charge >= 0.3 is 6.03 Å². The number of rotatable bonds is 6. The molecule has 0 saturated heterocycles. The number of aryl methyl sites for hydroxylation is 2. The lowest BCUT2D eigenvalue weighted by molar-refractivity contribution is 0.217. The standard InChI is InChI=1S/C18H24N4O2/c23-13-16(14-6-2-1-3-7-14)21-18(24)19-10-9-15-12-22-11-5-4-8-17(22)20-15/h1-3,6-7,12,16,23H,4-5,8-11,13H2,(H2,19,21,24). The molecule has 2 aromatic rings. The number of aliphatic hydroxyl groups excluding tert-OH is 1. The van der Waals surface area contributed by atoms with Crippen LogP contribution in [0.5, 0.6) is 0 Å². The SMILES string of the molecule is O=C(NCCc1cn2c(n1)CCCC2)NC(CO)c1ccccc1. The molecule has 0 aliphatic carbocycles. The highest BCUT2D eigenvalue weighted by Crippen LogP contribution is 2.14. The summed E-state index contributed by atoms with van der Waals surface area (Å²) in [7, 11) is 0. The third kappa shape index (κ3) is 4.14. The van der Waals surface area contributed by atoms with Crippen molar-refractivity contribution in [2.45, 2.75) is 38.3 Å². The Bertz CT molecular complexity index is 645. The molecule has 2 amide bonds. The van der Waals surface area contributed by atoms with Crippen molar-refractivity contribution in [3.63, 3.8) is 0 Å². The van der Waals surface area contributed by atoms with Crippen LogP contribution in [0, 0.1) is 0 Å². The first-order valence-corrected chi connectivity index (χ1v) is 8.51. The molecule has 0 fully saturated rings. The Labute approximate surface area is 141 Å². The van der Waals surface area contributed by atoms with Crippen molar-refractivity contribution >= 4 is 6.03 Å². The van der Waals surface area contributed by atoms with Gasteiger partial charge in [-0.05, 0) is 18.4 Å². The molecule has 6 heteroatoms. The molecule has 0 bridgehead atoms. The van der Waals surface area contributed by atoms with Crippen molar-refractivity contribution in [1.29, 1.82) is 0 Å². The first-order valence-electron chi connectivity index (χ1n) is 8.51. The Morgan fingerprint density at radius 2 is 2.12 bits per heavy atom. The summed E-state index contributed by atoms with van der Waals surface area (Å²) in [5, 5.41) is 15.1. The maximum Gasteiger partial charge on any atom is 0.315 e. The number of nitrogens with one attached hydrogen (secondary N) is 2. The Kier molecular flexibility index (Phi) is 5.48. The predicted molar refractivity (Wildman–Crippen MR) is 91.7 cm³/mol. The number of fused-ring (bicyclic) bond motifs is 1. The van der Waals surface area contributed by atoms with Gasteiger partial charge in [-0.3, -0.25) is 0 Å². The van der Waals surface area contributed by atoms with Crippen LogP contribution in [0.4, 0.5) is 4.79 Å². The van der Waals surface area contributed by atoms with Crippen LogP contribution in [-0.2, 0) is 19.4 Å². The number of benzene rings is 1. The van der Waals surface area contributed by atoms with Gasteiger partial charge in [0.05, 0.1) is 18.3 Å². The van der Waals surface area contributed by atoms with E-state index in [9.17, 15) is 9.90 Å².